The van der Waals surface area contributed by atoms with Crippen LogP contribution in [-0.2, 0) is 38.4 Å². The van der Waals surface area contributed by atoms with Crippen LogP contribution in [0.15, 0.2) is 0 Å². The standard InChI is InChI=1S/C33H59N11O10/c1-15(2)12-22(30(52)39-17(5)27(35)49)42-29(51)21(9-10-24(47)48)41-31(53)25(16(3)4)43-32(54)26(18(6)45)44-14-19(13-23(44)46)40-28(50)20(34)8-7-11-38-33(36)37/h15-22,25-26,45H,7-14,34H2,1-6H3,(H2,35,49)(H,39,52)(H,40,50)(H,41,53)(H,42,51)(H,43,54)(H,47,48)(H4,36,37,38)/t17-,18-,19+,20-,21-,22-,25-,26-/m1/s1. The second-order valence-electron chi connectivity index (χ2n) is 14.3. The van der Waals surface area contributed by atoms with Crippen LogP contribution in [0.25, 0.3) is 0 Å². The first-order chi connectivity index (χ1) is 25.0. The van der Waals surface area contributed by atoms with E-state index < -0.39 is 108 Å². The van der Waals surface area contributed by atoms with Gasteiger partial charge in [0.25, 0.3) is 0 Å². The zero-order chi connectivity index (χ0) is 41.4. The number of primary amides is 1. The van der Waals surface area contributed by atoms with Crippen LogP contribution in [0.1, 0.15) is 80.1 Å². The minimum absolute atomic E-state index is 0.113. The quantitative estimate of drug-likeness (QED) is 0.0269. The van der Waals surface area contributed by atoms with Gasteiger partial charge < -0.3 is 64.2 Å². The number of guanidine groups is 1. The molecule has 0 aromatic carbocycles. The minimum Gasteiger partial charge on any atom is -0.481 e. The lowest BCUT2D eigenvalue weighted by Gasteiger charge is -2.32. The van der Waals surface area contributed by atoms with E-state index in [4.69, 9.17) is 22.6 Å². The molecule has 306 valence electrons. The summed E-state index contributed by atoms with van der Waals surface area (Å²) in [6.45, 7) is 9.56. The molecule has 1 aliphatic rings. The number of amides is 7. The highest BCUT2D eigenvalue weighted by Crippen LogP contribution is 2.19. The maximum absolute atomic E-state index is 13.6. The molecule has 15 N–H and O–H groups in total. The summed E-state index contributed by atoms with van der Waals surface area (Å²) < 4.78 is 0. The van der Waals surface area contributed by atoms with Crippen LogP contribution in [-0.4, -0.2) is 130 Å². The first kappa shape index (κ1) is 47.0. The molecule has 0 spiro atoms. The van der Waals surface area contributed by atoms with Crippen LogP contribution in [0.3, 0.4) is 0 Å². The minimum atomic E-state index is -1.48. The van der Waals surface area contributed by atoms with Gasteiger partial charge in [0.15, 0.2) is 5.96 Å². The van der Waals surface area contributed by atoms with E-state index >= 15 is 0 Å². The van der Waals surface area contributed by atoms with Crippen LogP contribution in [0.2, 0.25) is 0 Å². The maximum Gasteiger partial charge on any atom is 0.303 e. The summed E-state index contributed by atoms with van der Waals surface area (Å²) in [5.41, 5.74) is 16.4. The van der Waals surface area contributed by atoms with Gasteiger partial charge in [-0.25, -0.2) is 0 Å². The zero-order valence-corrected chi connectivity index (χ0v) is 31.8. The molecule has 0 unspecified atom stereocenters. The van der Waals surface area contributed by atoms with Crippen LogP contribution in [0.5, 0.6) is 0 Å². The van der Waals surface area contributed by atoms with Crippen LogP contribution >= 0.6 is 0 Å². The van der Waals surface area contributed by atoms with Crippen molar-refractivity contribution in [3.63, 3.8) is 0 Å². The summed E-state index contributed by atoms with van der Waals surface area (Å²) in [5.74, 6) is -7.51. The number of aliphatic hydroxyl groups is 1. The number of rotatable bonds is 23. The van der Waals surface area contributed by atoms with E-state index in [-0.39, 0.29) is 44.1 Å². The number of carboxylic acid groups (broad SMARTS) is 1. The Morgan fingerprint density at radius 3 is 1.96 bits per heavy atom. The third-order valence-corrected chi connectivity index (χ3v) is 8.56. The molecule has 1 rings (SSSR count). The van der Waals surface area contributed by atoms with Gasteiger partial charge in [0, 0.05) is 25.9 Å². The van der Waals surface area contributed by atoms with Crippen molar-refractivity contribution >= 4 is 53.3 Å². The molecule has 21 heteroatoms. The largest absolute Gasteiger partial charge is 0.481 e. The molecule has 0 bridgehead atoms. The lowest BCUT2D eigenvalue weighted by atomic mass is 10.00. The number of carboxylic acids is 1. The number of nitrogens with one attached hydrogen (secondary N) is 7. The molecule has 1 heterocycles. The van der Waals surface area contributed by atoms with Gasteiger partial charge in [-0.2, -0.15) is 0 Å². The molecular weight excluding hydrogens is 710 g/mol. The fraction of sp³-hybridized carbons (Fsp3) is 0.727. The molecular formula is C33H59N11O10. The lowest BCUT2D eigenvalue weighted by molar-refractivity contribution is -0.143. The molecule has 1 fully saturated rings. The number of aliphatic carboxylic acids is 1. The Balaban J connectivity index is 3.12. The highest BCUT2D eigenvalue weighted by atomic mass is 16.4. The Labute approximate surface area is 314 Å². The van der Waals surface area contributed by atoms with Crippen molar-refractivity contribution < 1.29 is 48.6 Å². The normalized spacial score (nSPS) is 18.0. The van der Waals surface area contributed by atoms with Crippen LogP contribution in [0.4, 0.5) is 0 Å². The molecule has 8 atom stereocenters. The molecule has 21 nitrogen and oxygen atoms in total. The second kappa shape index (κ2) is 22.2. The lowest BCUT2D eigenvalue weighted by Crippen LogP contribution is -2.61. The second-order valence-corrected chi connectivity index (χ2v) is 14.3. The molecule has 0 aromatic rings. The third-order valence-electron chi connectivity index (χ3n) is 8.56. The van der Waals surface area contributed by atoms with Crippen molar-refractivity contribution in [2.24, 2.45) is 29.0 Å². The number of nitrogens with zero attached hydrogens (tertiary/aromatic N) is 1. The van der Waals surface area contributed by atoms with Crippen LogP contribution < -0.4 is 49.1 Å². The Morgan fingerprint density at radius 2 is 1.44 bits per heavy atom. The number of hydrogen-bond donors (Lipinski definition) is 12. The van der Waals surface area contributed by atoms with Gasteiger partial charge in [0.05, 0.1) is 18.2 Å². The SMILES string of the molecule is CC(C)C[C@@H](NC(=O)[C@@H](CCC(=O)O)NC(=O)[C@H](NC(=O)[C@@H]([C@@H](C)O)N1C[C@@H](NC(=O)[C@H](N)CCCNC(=N)N)CC1=O)C(C)C)C(=O)N[C@H](C)C(N)=O. The summed E-state index contributed by atoms with van der Waals surface area (Å²) >= 11 is 0. The maximum atomic E-state index is 13.6. The van der Waals surface area contributed by atoms with Crippen molar-refractivity contribution in [3.05, 3.63) is 0 Å². The van der Waals surface area contributed by atoms with E-state index in [0.717, 1.165) is 4.90 Å². The zero-order valence-electron chi connectivity index (χ0n) is 31.8. The molecule has 7 amide bonds. The first-order valence-electron chi connectivity index (χ1n) is 17.9. The van der Waals surface area contributed by atoms with E-state index in [1.807, 2.05) is 0 Å². The summed E-state index contributed by atoms with van der Waals surface area (Å²) in [7, 11) is 0. The Bertz CT molecular complexity index is 1380. The number of carbonyl (C=O) groups excluding carboxylic acids is 7. The van der Waals surface area contributed by atoms with Crippen molar-refractivity contribution in [1.82, 2.24) is 36.8 Å². The molecule has 1 aliphatic heterocycles. The average molecular weight is 770 g/mol. The Morgan fingerprint density at radius 1 is 0.852 bits per heavy atom. The van der Waals surface area contributed by atoms with Crippen molar-refractivity contribution in [2.45, 2.75) is 128 Å². The molecule has 0 saturated carbocycles. The average Bonchev–Trinajstić information content (AvgIpc) is 3.40. The van der Waals surface area contributed by atoms with Crippen molar-refractivity contribution in [3.8, 4) is 0 Å². The fourth-order valence-electron chi connectivity index (χ4n) is 5.63. The molecule has 1 saturated heterocycles. The van der Waals surface area contributed by atoms with Crippen molar-refractivity contribution in [1.29, 1.82) is 5.41 Å². The van der Waals surface area contributed by atoms with Gasteiger partial charge in [-0.15, -0.1) is 0 Å². The summed E-state index contributed by atoms with van der Waals surface area (Å²) in [6.07, 6.45) is -1.71. The summed E-state index contributed by atoms with van der Waals surface area (Å²) in [5, 5.41) is 42.3. The van der Waals surface area contributed by atoms with E-state index in [1.165, 1.54) is 13.8 Å². The highest BCUT2D eigenvalue weighted by Gasteiger charge is 2.42. The predicted molar refractivity (Wildman–Crippen MR) is 195 cm³/mol. The fourth-order valence-corrected chi connectivity index (χ4v) is 5.63. The number of aliphatic hydroxyl groups excluding tert-OH is 1. The third kappa shape index (κ3) is 15.9. The van der Waals surface area contributed by atoms with Crippen molar-refractivity contribution in [2.75, 3.05) is 13.1 Å². The number of hydrogen-bond acceptors (Lipinski definition) is 11. The molecule has 0 radical (unpaired) electrons. The van der Waals surface area contributed by atoms with Crippen LogP contribution in [0, 0.1) is 17.2 Å². The number of carbonyl (C=O) groups is 8. The van der Waals surface area contributed by atoms with Gasteiger partial charge in [-0.3, -0.25) is 43.8 Å². The van der Waals surface area contributed by atoms with E-state index in [2.05, 4.69) is 31.9 Å². The predicted octanol–water partition coefficient (Wildman–Crippen LogP) is -3.95. The summed E-state index contributed by atoms with van der Waals surface area (Å²) in [4.78, 5) is 103. The van der Waals surface area contributed by atoms with Gasteiger partial charge >= 0.3 is 5.97 Å². The van der Waals surface area contributed by atoms with E-state index in [0.29, 0.717) is 13.0 Å². The van der Waals surface area contributed by atoms with E-state index in [1.54, 1.807) is 27.7 Å². The monoisotopic (exact) mass is 769 g/mol. The van der Waals surface area contributed by atoms with Gasteiger partial charge in [0.2, 0.25) is 41.4 Å². The Hall–Kier alpha value is -5.05. The summed E-state index contributed by atoms with van der Waals surface area (Å²) in [6, 6.07) is -8.18. The number of likely N-dealkylation sites (tertiary alicyclic amines) is 1. The molecule has 0 aromatic heterocycles. The Kier molecular flexibility index (Phi) is 19.3. The number of nitrogens with two attached hydrogens (primary N) is 3. The van der Waals surface area contributed by atoms with E-state index in [9.17, 15) is 48.6 Å². The topological polar surface area (TPSA) is 354 Å². The van der Waals surface area contributed by atoms with Gasteiger partial charge in [0.1, 0.15) is 30.2 Å². The first-order valence-corrected chi connectivity index (χ1v) is 17.9. The molecule has 0 aliphatic carbocycles. The van der Waals surface area contributed by atoms with Gasteiger partial charge in [-0.05, 0) is 51.4 Å². The molecule has 54 heavy (non-hydrogen) atoms. The highest BCUT2D eigenvalue weighted by molar-refractivity contribution is 5.97. The van der Waals surface area contributed by atoms with Gasteiger partial charge in [-0.1, -0.05) is 27.7 Å². The smallest absolute Gasteiger partial charge is 0.303 e.